The van der Waals surface area contributed by atoms with Crippen LogP contribution in [0.1, 0.15) is 47.5 Å². The molecule has 120 valence electrons. The molecule has 1 heterocycles. The third-order valence-electron chi connectivity index (χ3n) is 4.50. The number of cyclic esters (lactones) is 1. The lowest BCUT2D eigenvalue weighted by atomic mass is 9.84. The zero-order chi connectivity index (χ0) is 16.2. The van der Waals surface area contributed by atoms with Gasteiger partial charge in [-0.2, -0.15) is 0 Å². The number of aliphatic hydroxyl groups is 1. The Labute approximate surface area is 127 Å². The van der Waals surface area contributed by atoms with E-state index in [0.717, 1.165) is 0 Å². The van der Waals surface area contributed by atoms with Crippen molar-refractivity contribution in [2.45, 2.75) is 59.7 Å². The summed E-state index contributed by atoms with van der Waals surface area (Å²) >= 11 is 0. The zero-order valence-electron chi connectivity index (χ0n) is 13.7. The number of carbonyl (C=O) groups excluding carboxylic acids is 2. The Kier molecular flexibility index (Phi) is 6.59. The van der Waals surface area contributed by atoms with E-state index < -0.39 is 12.0 Å². The fourth-order valence-electron chi connectivity index (χ4n) is 2.80. The lowest BCUT2D eigenvalue weighted by molar-refractivity contribution is -0.160. The fourth-order valence-corrected chi connectivity index (χ4v) is 2.80. The van der Waals surface area contributed by atoms with Gasteiger partial charge in [0.1, 0.15) is 6.10 Å². The first-order chi connectivity index (χ1) is 9.77. The highest BCUT2D eigenvalue weighted by Gasteiger charge is 2.32. The first-order valence-corrected chi connectivity index (χ1v) is 7.88. The highest BCUT2D eigenvalue weighted by molar-refractivity contribution is 5.91. The maximum atomic E-state index is 12.2. The number of allylic oxidation sites excluding steroid dienone is 1. The van der Waals surface area contributed by atoms with Crippen LogP contribution >= 0.6 is 0 Å². The molecule has 1 rings (SSSR count). The fraction of sp³-hybridized carbons (Fsp3) is 0.765. The number of ether oxygens (including phenoxy) is 1. The van der Waals surface area contributed by atoms with E-state index in [9.17, 15) is 14.7 Å². The normalized spacial score (nSPS) is 40.9. The molecule has 0 aromatic rings. The van der Waals surface area contributed by atoms with Crippen LogP contribution in [0.4, 0.5) is 0 Å². The molecule has 0 unspecified atom stereocenters. The molecule has 6 atom stereocenters. The van der Waals surface area contributed by atoms with Gasteiger partial charge in [0.05, 0.1) is 12.0 Å². The van der Waals surface area contributed by atoms with Gasteiger partial charge < -0.3 is 9.84 Å². The topological polar surface area (TPSA) is 63.6 Å². The summed E-state index contributed by atoms with van der Waals surface area (Å²) in [6.07, 6.45) is 3.61. The van der Waals surface area contributed by atoms with E-state index in [1.54, 1.807) is 13.0 Å². The first kappa shape index (κ1) is 17.9. The summed E-state index contributed by atoms with van der Waals surface area (Å²) in [4.78, 5) is 24.3. The van der Waals surface area contributed by atoms with E-state index >= 15 is 0 Å². The number of hydrogen-bond donors (Lipinski definition) is 1. The minimum atomic E-state index is -0.788. The zero-order valence-corrected chi connectivity index (χ0v) is 13.7. The molecule has 0 fully saturated rings. The molecule has 0 aromatic heterocycles. The van der Waals surface area contributed by atoms with Crippen molar-refractivity contribution < 1.29 is 19.4 Å². The molecular weight excluding hydrogens is 268 g/mol. The number of hydrogen-bond acceptors (Lipinski definition) is 4. The number of rotatable bonds is 1. The Balaban J connectivity index is 3.04. The second-order valence-electron chi connectivity index (χ2n) is 6.40. The molecule has 0 saturated heterocycles. The average molecular weight is 296 g/mol. The number of aliphatic hydroxyl groups excluding tert-OH is 1. The molecule has 4 nitrogen and oxygen atoms in total. The van der Waals surface area contributed by atoms with E-state index in [1.165, 1.54) is 0 Å². The summed E-state index contributed by atoms with van der Waals surface area (Å²) in [5, 5.41) is 10.3. The molecule has 4 heteroatoms. The van der Waals surface area contributed by atoms with Crippen molar-refractivity contribution in [2.24, 2.45) is 23.7 Å². The third-order valence-corrected chi connectivity index (χ3v) is 4.50. The summed E-state index contributed by atoms with van der Waals surface area (Å²) in [6.45, 7) is 9.31. The van der Waals surface area contributed by atoms with Crippen LogP contribution in [0.5, 0.6) is 0 Å². The quantitative estimate of drug-likeness (QED) is 0.756. The van der Waals surface area contributed by atoms with Crippen LogP contribution in [0, 0.1) is 23.7 Å². The largest absolute Gasteiger partial charge is 0.461 e. The molecule has 0 aliphatic carbocycles. The van der Waals surface area contributed by atoms with Crippen molar-refractivity contribution in [3.05, 3.63) is 12.2 Å². The van der Waals surface area contributed by atoms with Gasteiger partial charge >= 0.3 is 5.97 Å². The summed E-state index contributed by atoms with van der Waals surface area (Å²) in [5.41, 5.74) is 0. The maximum Gasteiger partial charge on any atom is 0.311 e. The summed E-state index contributed by atoms with van der Waals surface area (Å²) < 4.78 is 5.52. The van der Waals surface area contributed by atoms with Gasteiger partial charge in [-0.15, -0.1) is 0 Å². The van der Waals surface area contributed by atoms with Crippen molar-refractivity contribution >= 4 is 11.8 Å². The Bertz CT molecular complexity index is 402. The van der Waals surface area contributed by atoms with Crippen LogP contribution < -0.4 is 0 Å². The van der Waals surface area contributed by atoms with Crippen LogP contribution in [-0.2, 0) is 14.3 Å². The second kappa shape index (κ2) is 7.74. The number of ketones is 1. The Morgan fingerprint density at radius 2 is 1.86 bits per heavy atom. The molecule has 0 aromatic carbocycles. The van der Waals surface area contributed by atoms with Gasteiger partial charge in [0.2, 0.25) is 0 Å². The van der Waals surface area contributed by atoms with E-state index in [-0.39, 0.29) is 35.6 Å². The summed E-state index contributed by atoms with van der Waals surface area (Å²) in [5.74, 6) is -1.17. The van der Waals surface area contributed by atoms with Crippen molar-refractivity contribution in [1.82, 2.24) is 0 Å². The van der Waals surface area contributed by atoms with Crippen LogP contribution in [0.25, 0.3) is 0 Å². The number of carbonyl (C=O) groups is 2. The molecule has 21 heavy (non-hydrogen) atoms. The lowest BCUT2D eigenvalue weighted by Gasteiger charge is -2.29. The minimum Gasteiger partial charge on any atom is -0.461 e. The SMILES string of the molecule is CC[C@H]1OC(=O)[C@H](C)[C@@H](O)[C@@H](C)C[C@@H](C)C(=O)/C=C\[C@H]1C. The van der Waals surface area contributed by atoms with Gasteiger partial charge in [-0.3, -0.25) is 9.59 Å². The molecule has 0 amide bonds. The molecule has 1 N–H and O–H groups in total. The van der Waals surface area contributed by atoms with Gasteiger partial charge in [-0.1, -0.05) is 33.8 Å². The molecule has 0 spiro atoms. The van der Waals surface area contributed by atoms with Gasteiger partial charge in [0.15, 0.2) is 5.78 Å². The van der Waals surface area contributed by atoms with E-state index in [4.69, 9.17) is 4.74 Å². The molecule has 1 aliphatic heterocycles. The predicted molar refractivity (Wildman–Crippen MR) is 81.6 cm³/mol. The number of esters is 1. The van der Waals surface area contributed by atoms with Gasteiger partial charge in [0, 0.05) is 11.8 Å². The molecule has 1 aliphatic rings. The summed E-state index contributed by atoms with van der Waals surface area (Å²) in [7, 11) is 0. The Morgan fingerprint density at radius 3 is 2.43 bits per heavy atom. The minimum absolute atomic E-state index is 0.0173. The smallest absolute Gasteiger partial charge is 0.311 e. The average Bonchev–Trinajstić information content (AvgIpc) is 2.46. The Hall–Kier alpha value is -1.16. The second-order valence-corrected chi connectivity index (χ2v) is 6.40. The molecule has 0 saturated carbocycles. The van der Waals surface area contributed by atoms with Crippen molar-refractivity contribution in [1.29, 1.82) is 0 Å². The molecule has 0 radical (unpaired) electrons. The van der Waals surface area contributed by atoms with E-state index in [2.05, 4.69) is 0 Å². The predicted octanol–water partition coefficient (Wildman–Crippen LogP) is 2.74. The van der Waals surface area contributed by atoms with Crippen LogP contribution in [0.15, 0.2) is 12.2 Å². The molecule has 0 bridgehead atoms. The van der Waals surface area contributed by atoms with Crippen LogP contribution in [0.2, 0.25) is 0 Å². The van der Waals surface area contributed by atoms with Crippen LogP contribution in [0.3, 0.4) is 0 Å². The monoisotopic (exact) mass is 296 g/mol. The molecular formula is C17H28O4. The maximum absolute atomic E-state index is 12.2. The standard InChI is InChI=1S/C17H28O4/c1-6-15-10(2)7-8-14(18)11(3)9-12(4)16(19)13(5)17(20)21-15/h7-8,10-13,15-16,19H,6,9H2,1-5H3/b8-7-/t10-,11-,12+,13-,15-,16+/m1/s1. The van der Waals surface area contributed by atoms with Gasteiger partial charge in [-0.25, -0.2) is 0 Å². The highest BCUT2D eigenvalue weighted by Crippen LogP contribution is 2.25. The van der Waals surface area contributed by atoms with Gasteiger partial charge in [0.25, 0.3) is 0 Å². The first-order valence-electron chi connectivity index (χ1n) is 7.88. The lowest BCUT2D eigenvalue weighted by Crippen LogP contribution is -2.37. The Morgan fingerprint density at radius 1 is 1.24 bits per heavy atom. The van der Waals surface area contributed by atoms with E-state index in [1.807, 2.05) is 33.8 Å². The summed E-state index contributed by atoms with van der Waals surface area (Å²) in [6, 6.07) is 0. The van der Waals surface area contributed by atoms with Gasteiger partial charge in [-0.05, 0) is 31.8 Å². The van der Waals surface area contributed by atoms with Crippen LogP contribution in [-0.4, -0.2) is 29.1 Å². The van der Waals surface area contributed by atoms with Crippen molar-refractivity contribution in [3.63, 3.8) is 0 Å². The van der Waals surface area contributed by atoms with E-state index in [0.29, 0.717) is 12.8 Å². The highest BCUT2D eigenvalue weighted by atomic mass is 16.5. The van der Waals surface area contributed by atoms with Crippen molar-refractivity contribution in [3.8, 4) is 0 Å². The third kappa shape index (κ3) is 4.67. The van der Waals surface area contributed by atoms with Crippen molar-refractivity contribution in [2.75, 3.05) is 0 Å².